The molecule has 0 aromatic heterocycles. The van der Waals surface area contributed by atoms with Gasteiger partial charge in [-0.05, 0) is 30.1 Å². The predicted octanol–water partition coefficient (Wildman–Crippen LogP) is 1.73. The van der Waals surface area contributed by atoms with Gasteiger partial charge in [-0.25, -0.2) is 0 Å². The van der Waals surface area contributed by atoms with Crippen LogP contribution < -0.4 is 10.6 Å². The zero-order chi connectivity index (χ0) is 13.7. The molecule has 5 heteroatoms. The van der Waals surface area contributed by atoms with Gasteiger partial charge in [0.15, 0.2) is 0 Å². The number of carbonyl (C=O) groups excluding carboxylic acids is 1. The van der Waals surface area contributed by atoms with Gasteiger partial charge >= 0.3 is 0 Å². The van der Waals surface area contributed by atoms with Crippen molar-refractivity contribution in [2.24, 2.45) is 11.8 Å². The molecule has 0 radical (unpaired) electrons. The number of amides is 1. The van der Waals surface area contributed by atoms with Gasteiger partial charge in [-0.15, -0.1) is 12.4 Å². The number of ether oxygens (including phenoxy) is 1. The lowest BCUT2D eigenvalue weighted by Gasteiger charge is -2.31. The molecule has 1 atom stereocenters. The Labute approximate surface area is 126 Å². The Kier molecular flexibility index (Phi) is 6.99. The first kappa shape index (κ1) is 17.0. The van der Waals surface area contributed by atoms with E-state index in [0.29, 0.717) is 19.1 Å². The van der Waals surface area contributed by atoms with Gasteiger partial charge in [-0.2, -0.15) is 0 Å². The highest BCUT2D eigenvalue weighted by molar-refractivity contribution is 5.85. The van der Waals surface area contributed by atoms with Gasteiger partial charge in [0, 0.05) is 19.6 Å². The zero-order valence-corrected chi connectivity index (χ0v) is 12.8. The molecule has 1 aromatic carbocycles. The summed E-state index contributed by atoms with van der Waals surface area (Å²) in [5.74, 6) is 0.727. The van der Waals surface area contributed by atoms with Crippen molar-refractivity contribution in [3.05, 3.63) is 35.4 Å². The Morgan fingerprint density at radius 3 is 2.45 bits per heavy atom. The highest BCUT2D eigenvalue weighted by atomic mass is 35.5. The molecule has 1 amide bonds. The van der Waals surface area contributed by atoms with E-state index in [1.54, 1.807) is 7.11 Å². The first-order chi connectivity index (χ1) is 9.20. The van der Waals surface area contributed by atoms with Gasteiger partial charge < -0.3 is 15.4 Å². The van der Waals surface area contributed by atoms with E-state index in [9.17, 15) is 4.79 Å². The molecule has 1 unspecified atom stereocenters. The third kappa shape index (κ3) is 4.47. The Morgan fingerprint density at radius 2 is 1.95 bits per heavy atom. The summed E-state index contributed by atoms with van der Waals surface area (Å²) in [6.45, 7) is 5.14. The summed E-state index contributed by atoms with van der Waals surface area (Å²) in [6.07, 6.45) is 0. The van der Waals surface area contributed by atoms with Crippen LogP contribution in [0.5, 0.6) is 0 Å². The van der Waals surface area contributed by atoms with Crippen molar-refractivity contribution in [3.63, 3.8) is 0 Å². The topological polar surface area (TPSA) is 50.4 Å². The number of carbonyl (C=O) groups is 1. The van der Waals surface area contributed by atoms with Crippen molar-refractivity contribution in [1.82, 2.24) is 10.6 Å². The van der Waals surface area contributed by atoms with Crippen LogP contribution in [0.25, 0.3) is 0 Å². The Balaban J connectivity index is 0.00000200. The summed E-state index contributed by atoms with van der Waals surface area (Å²) in [6, 6.07) is 8.13. The number of hydrogen-bond acceptors (Lipinski definition) is 3. The van der Waals surface area contributed by atoms with Gasteiger partial charge in [0.2, 0.25) is 5.91 Å². The van der Waals surface area contributed by atoms with E-state index in [1.165, 1.54) is 0 Å². The molecular weight excluding hydrogens is 276 g/mol. The molecule has 0 bridgehead atoms. The second-order valence-electron chi connectivity index (χ2n) is 5.17. The average molecular weight is 299 g/mol. The molecule has 1 aromatic rings. The third-order valence-corrected chi connectivity index (χ3v) is 3.73. The van der Waals surface area contributed by atoms with Crippen LogP contribution in [0.15, 0.2) is 24.3 Å². The highest BCUT2D eigenvalue weighted by Gasteiger charge is 2.28. The van der Waals surface area contributed by atoms with E-state index in [2.05, 4.69) is 10.6 Å². The van der Waals surface area contributed by atoms with Crippen LogP contribution in [-0.4, -0.2) is 26.1 Å². The van der Waals surface area contributed by atoms with Crippen LogP contribution in [-0.2, 0) is 22.7 Å². The third-order valence-electron chi connectivity index (χ3n) is 3.73. The lowest BCUT2D eigenvalue weighted by molar-refractivity contribution is -0.126. The molecule has 0 spiro atoms. The van der Waals surface area contributed by atoms with Gasteiger partial charge in [0.05, 0.1) is 6.61 Å². The van der Waals surface area contributed by atoms with Crippen LogP contribution in [0.1, 0.15) is 18.1 Å². The summed E-state index contributed by atoms with van der Waals surface area (Å²) in [4.78, 5) is 12.0. The van der Waals surface area contributed by atoms with Crippen LogP contribution in [0.2, 0.25) is 0 Å². The van der Waals surface area contributed by atoms with Crippen LogP contribution in [0.4, 0.5) is 0 Å². The highest BCUT2D eigenvalue weighted by Crippen LogP contribution is 2.16. The Hall–Kier alpha value is -1.10. The fraction of sp³-hybridized carbons (Fsp3) is 0.533. The van der Waals surface area contributed by atoms with Gasteiger partial charge in [-0.1, -0.05) is 31.2 Å². The molecule has 0 aliphatic carbocycles. The fourth-order valence-corrected chi connectivity index (χ4v) is 2.15. The summed E-state index contributed by atoms with van der Waals surface area (Å²) >= 11 is 0. The monoisotopic (exact) mass is 298 g/mol. The fourth-order valence-electron chi connectivity index (χ4n) is 2.15. The smallest absolute Gasteiger partial charge is 0.223 e. The van der Waals surface area contributed by atoms with Crippen molar-refractivity contribution >= 4 is 18.3 Å². The number of halogens is 1. The van der Waals surface area contributed by atoms with Crippen molar-refractivity contribution in [2.75, 3.05) is 20.2 Å². The van der Waals surface area contributed by atoms with E-state index in [0.717, 1.165) is 24.2 Å². The molecule has 1 fully saturated rings. The van der Waals surface area contributed by atoms with Crippen molar-refractivity contribution in [1.29, 1.82) is 0 Å². The first-order valence-corrected chi connectivity index (χ1v) is 6.76. The lowest BCUT2D eigenvalue weighted by Crippen LogP contribution is -2.49. The molecule has 1 aliphatic rings. The van der Waals surface area contributed by atoms with Crippen LogP contribution in [0.3, 0.4) is 0 Å². The summed E-state index contributed by atoms with van der Waals surface area (Å²) in [7, 11) is 1.69. The predicted molar refractivity (Wildman–Crippen MR) is 81.8 cm³/mol. The second-order valence-corrected chi connectivity index (χ2v) is 5.17. The van der Waals surface area contributed by atoms with E-state index in [-0.39, 0.29) is 24.2 Å². The Bertz CT molecular complexity index is 418. The molecule has 2 N–H and O–H groups in total. The SMILES string of the molecule is COCc1ccc(CNC(=O)C(C)C2CNC2)cc1.Cl. The largest absolute Gasteiger partial charge is 0.380 e. The summed E-state index contributed by atoms with van der Waals surface area (Å²) in [5, 5.41) is 6.20. The average Bonchev–Trinajstić information content (AvgIpc) is 2.36. The first-order valence-electron chi connectivity index (χ1n) is 6.76. The van der Waals surface area contributed by atoms with Gasteiger partial charge in [-0.3, -0.25) is 4.79 Å². The zero-order valence-electron chi connectivity index (χ0n) is 12.0. The molecular formula is C15H23ClN2O2. The molecule has 1 saturated heterocycles. The number of hydrogen-bond donors (Lipinski definition) is 2. The standard InChI is InChI=1S/C15H22N2O2.ClH/c1-11(14-8-16-9-14)15(18)17-7-12-3-5-13(6-4-12)10-19-2;/h3-6,11,14,16H,7-10H2,1-2H3,(H,17,18);1H. The molecule has 1 heterocycles. The van der Waals surface area contributed by atoms with E-state index < -0.39 is 0 Å². The maximum Gasteiger partial charge on any atom is 0.223 e. The van der Waals surface area contributed by atoms with Crippen molar-refractivity contribution < 1.29 is 9.53 Å². The molecule has 20 heavy (non-hydrogen) atoms. The van der Waals surface area contributed by atoms with Crippen molar-refractivity contribution in [2.45, 2.75) is 20.1 Å². The van der Waals surface area contributed by atoms with Crippen LogP contribution in [0, 0.1) is 11.8 Å². The summed E-state index contributed by atoms with van der Waals surface area (Å²) in [5.41, 5.74) is 2.26. The maximum atomic E-state index is 12.0. The van der Waals surface area contributed by atoms with Gasteiger partial charge in [0.25, 0.3) is 0 Å². The quantitative estimate of drug-likeness (QED) is 0.841. The minimum atomic E-state index is 0. The second kappa shape index (κ2) is 8.25. The van der Waals surface area contributed by atoms with E-state index >= 15 is 0 Å². The van der Waals surface area contributed by atoms with E-state index in [4.69, 9.17) is 4.74 Å². The molecule has 1 aliphatic heterocycles. The molecule has 4 nitrogen and oxygen atoms in total. The van der Waals surface area contributed by atoms with Gasteiger partial charge in [0.1, 0.15) is 0 Å². The van der Waals surface area contributed by atoms with Crippen molar-refractivity contribution in [3.8, 4) is 0 Å². The normalized spacial score (nSPS) is 15.9. The number of rotatable bonds is 6. The lowest BCUT2D eigenvalue weighted by atomic mass is 9.88. The number of methoxy groups -OCH3 is 1. The van der Waals surface area contributed by atoms with Crippen LogP contribution >= 0.6 is 12.4 Å². The minimum absolute atomic E-state index is 0. The number of nitrogens with one attached hydrogen (secondary N) is 2. The van der Waals surface area contributed by atoms with E-state index in [1.807, 2.05) is 31.2 Å². The molecule has 2 rings (SSSR count). The minimum Gasteiger partial charge on any atom is -0.380 e. The molecule has 112 valence electrons. The maximum absolute atomic E-state index is 12.0. The summed E-state index contributed by atoms with van der Waals surface area (Å²) < 4.78 is 5.07. The Morgan fingerprint density at radius 1 is 1.35 bits per heavy atom. The molecule has 0 saturated carbocycles. The number of benzene rings is 1.